The molecule has 0 bridgehead atoms. The van der Waals surface area contributed by atoms with Crippen molar-refractivity contribution in [3.63, 3.8) is 0 Å². The van der Waals surface area contributed by atoms with E-state index < -0.39 is 5.41 Å². The van der Waals surface area contributed by atoms with E-state index in [2.05, 4.69) is 5.32 Å². The first-order valence-electron chi connectivity index (χ1n) is 7.91. The van der Waals surface area contributed by atoms with Gasteiger partial charge >= 0.3 is 0 Å². The first-order valence-corrected chi connectivity index (χ1v) is 7.91. The lowest BCUT2D eigenvalue weighted by Gasteiger charge is -2.25. The third-order valence-corrected chi connectivity index (χ3v) is 4.53. The highest BCUT2D eigenvalue weighted by atomic mass is 16.5. The molecule has 2 aromatic rings. The second-order valence-corrected chi connectivity index (χ2v) is 6.40. The Morgan fingerprint density at radius 2 is 1.67 bits per heavy atom. The van der Waals surface area contributed by atoms with E-state index in [1.54, 1.807) is 14.2 Å². The Morgan fingerprint density at radius 3 is 2.29 bits per heavy atom. The summed E-state index contributed by atoms with van der Waals surface area (Å²) in [6, 6.07) is 11.5. The number of amides is 1. The van der Waals surface area contributed by atoms with Gasteiger partial charge in [0.25, 0.3) is 0 Å². The molecule has 0 spiro atoms. The molecule has 1 amide bonds. The predicted octanol–water partition coefficient (Wildman–Crippen LogP) is 4.24. The van der Waals surface area contributed by atoms with E-state index in [1.165, 1.54) is 0 Å². The topological polar surface area (TPSA) is 47.6 Å². The van der Waals surface area contributed by atoms with Crippen LogP contribution in [0.15, 0.2) is 36.4 Å². The molecule has 0 unspecified atom stereocenters. The van der Waals surface area contributed by atoms with Crippen molar-refractivity contribution in [2.75, 3.05) is 19.5 Å². The minimum Gasteiger partial charge on any atom is -0.493 e. The molecular formula is C20H25NO3. The Morgan fingerprint density at radius 1 is 1.00 bits per heavy atom. The Bertz CT molecular complexity index is 751. The predicted molar refractivity (Wildman–Crippen MR) is 97.1 cm³/mol. The quantitative estimate of drug-likeness (QED) is 0.893. The molecule has 1 N–H and O–H groups in total. The number of carbonyl (C=O) groups excluding carboxylic acids is 1. The van der Waals surface area contributed by atoms with Gasteiger partial charge in [0.05, 0.1) is 19.6 Å². The van der Waals surface area contributed by atoms with Crippen LogP contribution in [0, 0.1) is 13.8 Å². The lowest BCUT2D eigenvalue weighted by Crippen LogP contribution is -2.35. The maximum absolute atomic E-state index is 12.9. The van der Waals surface area contributed by atoms with E-state index >= 15 is 0 Å². The molecule has 0 atom stereocenters. The molecule has 2 aromatic carbocycles. The van der Waals surface area contributed by atoms with Crippen molar-refractivity contribution in [2.24, 2.45) is 0 Å². The van der Waals surface area contributed by atoms with Crippen LogP contribution in [0.1, 0.15) is 30.5 Å². The Labute approximate surface area is 143 Å². The van der Waals surface area contributed by atoms with Crippen molar-refractivity contribution >= 4 is 11.6 Å². The number of nitrogens with one attached hydrogen (secondary N) is 1. The van der Waals surface area contributed by atoms with Gasteiger partial charge in [0.15, 0.2) is 11.5 Å². The second-order valence-electron chi connectivity index (χ2n) is 6.40. The van der Waals surface area contributed by atoms with Crippen LogP contribution in [0.4, 0.5) is 5.69 Å². The summed E-state index contributed by atoms with van der Waals surface area (Å²) in [6.45, 7) is 7.84. The first kappa shape index (κ1) is 17.9. The van der Waals surface area contributed by atoms with Crippen LogP contribution in [-0.2, 0) is 10.2 Å². The zero-order valence-electron chi connectivity index (χ0n) is 15.2. The van der Waals surface area contributed by atoms with Crippen LogP contribution in [0.25, 0.3) is 0 Å². The summed E-state index contributed by atoms with van der Waals surface area (Å²) in [7, 11) is 3.18. The van der Waals surface area contributed by atoms with Crippen molar-refractivity contribution in [3.8, 4) is 11.5 Å². The molecular weight excluding hydrogens is 302 g/mol. The third kappa shape index (κ3) is 3.37. The molecule has 0 aliphatic carbocycles. The van der Waals surface area contributed by atoms with Crippen LogP contribution < -0.4 is 14.8 Å². The summed E-state index contributed by atoms with van der Waals surface area (Å²) in [6.07, 6.45) is 0. The lowest BCUT2D eigenvalue weighted by molar-refractivity contribution is -0.120. The fourth-order valence-electron chi connectivity index (χ4n) is 2.52. The van der Waals surface area contributed by atoms with Crippen molar-refractivity contribution in [3.05, 3.63) is 53.1 Å². The maximum atomic E-state index is 12.9. The van der Waals surface area contributed by atoms with Crippen molar-refractivity contribution in [2.45, 2.75) is 33.1 Å². The van der Waals surface area contributed by atoms with E-state index in [0.29, 0.717) is 11.5 Å². The number of anilines is 1. The van der Waals surface area contributed by atoms with E-state index in [4.69, 9.17) is 9.47 Å². The number of hydrogen-bond donors (Lipinski definition) is 1. The molecule has 0 fully saturated rings. The summed E-state index contributed by atoms with van der Waals surface area (Å²) in [5.41, 5.74) is 3.22. The first-order chi connectivity index (χ1) is 11.3. The minimum atomic E-state index is -0.713. The minimum absolute atomic E-state index is 0.0663. The highest BCUT2D eigenvalue weighted by molar-refractivity contribution is 5.99. The van der Waals surface area contributed by atoms with Gasteiger partial charge in [0, 0.05) is 5.69 Å². The molecule has 4 nitrogen and oxygen atoms in total. The zero-order chi connectivity index (χ0) is 17.9. The van der Waals surface area contributed by atoms with Gasteiger partial charge in [-0.3, -0.25) is 4.79 Å². The smallest absolute Gasteiger partial charge is 0.234 e. The molecule has 0 aliphatic rings. The lowest BCUT2D eigenvalue weighted by atomic mass is 9.83. The fourth-order valence-corrected chi connectivity index (χ4v) is 2.52. The van der Waals surface area contributed by atoms with Gasteiger partial charge < -0.3 is 14.8 Å². The molecule has 0 saturated heterocycles. The number of carbonyl (C=O) groups is 1. The van der Waals surface area contributed by atoms with Crippen LogP contribution in [-0.4, -0.2) is 20.1 Å². The number of ether oxygens (including phenoxy) is 2. The summed E-state index contributed by atoms with van der Waals surface area (Å²) in [5.74, 6) is 1.19. The molecule has 0 aromatic heterocycles. The summed E-state index contributed by atoms with van der Waals surface area (Å²) >= 11 is 0. The molecule has 2 rings (SSSR count). The summed E-state index contributed by atoms with van der Waals surface area (Å²) in [5, 5.41) is 3.04. The molecule has 0 saturated carbocycles. The number of aryl methyl sites for hydroxylation is 1. The Hall–Kier alpha value is -2.49. The molecule has 24 heavy (non-hydrogen) atoms. The zero-order valence-corrected chi connectivity index (χ0v) is 15.2. The van der Waals surface area contributed by atoms with Crippen LogP contribution in [0.5, 0.6) is 11.5 Å². The molecule has 0 radical (unpaired) electrons. The second kappa shape index (κ2) is 6.95. The van der Waals surface area contributed by atoms with Crippen LogP contribution in [0.2, 0.25) is 0 Å². The standard InChI is InChI=1S/C20H25NO3/c1-13-8-7-9-16(14(13)2)21-19(22)20(3,4)15-10-11-17(23-5)18(12-15)24-6/h7-12H,1-6H3,(H,21,22). The van der Waals surface area contributed by atoms with Crippen LogP contribution in [0.3, 0.4) is 0 Å². The van der Waals surface area contributed by atoms with E-state index in [1.807, 2.05) is 64.1 Å². The molecule has 0 aliphatic heterocycles. The Balaban J connectivity index is 2.32. The van der Waals surface area contributed by atoms with Crippen molar-refractivity contribution < 1.29 is 14.3 Å². The number of methoxy groups -OCH3 is 2. The molecule has 4 heteroatoms. The van der Waals surface area contributed by atoms with Gasteiger partial charge in [-0.2, -0.15) is 0 Å². The highest BCUT2D eigenvalue weighted by Crippen LogP contribution is 2.34. The van der Waals surface area contributed by atoms with Gasteiger partial charge in [-0.15, -0.1) is 0 Å². The van der Waals surface area contributed by atoms with Crippen LogP contribution >= 0.6 is 0 Å². The van der Waals surface area contributed by atoms with E-state index in [-0.39, 0.29) is 5.91 Å². The average molecular weight is 327 g/mol. The van der Waals surface area contributed by atoms with Gasteiger partial charge in [-0.25, -0.2) is 0 Å². The normalized spacial score (nSPS) is 11.1. The number of benzene rings is 2. The summed E-state index contributed by atoms with van der Waals surface area (Å²) < 4.78 is 10.6. The average Bonchev–Trinajstić information content (AvgIpc) is 2.58. The van der Waals surface area contributed by atoms with E-state index in [0.717, 1.165) is 22.4 Å². The fraction of sp³-hybridized carbons (Fsp3) is 0.350. The van der Waals surface area contributed by atoms with Gasteiger partial charge in [0.2, 0.25) is 5.91 Å². The SMILES string of the molecule is COc1ccc(C(C)(C)C(=O)Nc2cccc(C)c2C)cc1OC. The largest absolute Gasteiger partial charge is 0.493 e. The van der Waals surface area contributed by atoms with Gasteiger partial charge in [0.1, 0.15) is 0 Å². The van der Waals surface area contributed by atoms with Gasteiger partial charge in [-0.1, -0.05) is 18.2 Å². The van der Waals surface area contributed by atoms with Crippen molar-refractivity contribution in [1.82, 2.24) is 0 Å². The van der Waals surface area contributed by atoms with Gasteiger partial charge in [-0.05, 0) is 62.6 Å². The molecule has 0 heterocycles. The summed E-state index contributed by atoms with van der Waals surface area (Å²) in [4.78, 5) is 12.9. The van der Waals surface area contributed by atoms with Crippen molar-refractivity contribution in [1.29, 1.82) is 0 Å². The third-order valence-electron chi connectivity index (χ3n) is 4.53. The number of rotatable bonds is 5. The molecule has 128 valence electrons. The van der Waals surface area contributed by atoms with E-state index in [9.17, 15) is 4.79 Å². The highest BCUT2D eigenvalue weighted by Gasteiger charge is 2.31. The number of hydrogen-bond acceptors (Lipinski definition) is 3. The maximum Gasteiger partial charge on any atom is 0.234 e. The Kier molecular flexibility index (Phi) is 5.17. The monoisotopic (exact) mass is 327 g/mol.